The second-order valence-corrected chi connectivity index (χ2v) is 5.97. The summed E-state index contributed by atoms with van der Waals surface area (Å²) in [5.41, 5.74) is 1.95. The molecule has 1 aliphatic heterocycles. The number of hydrogen-bond acceptors (Lipinski definition) is 4. The van der Waals surface area contributed by atoms with Crippen molar-refractivity contribution >= 4 is 16.9 Å². The third-order valence-electron chi connectivity index (χ3n) is 4.24. The van der Waals surface area contributed by atoms with Crippen LogP contribution in [-0.2, 0) is 23.0 Å². The maximum atomic E-state index is 12.1. The Balaban J connectivity index is 1.45. The molecule has 0 bridgehead atoms. The van der Waals surface area contributed by atoms with Crippen LogP contribution in [0.4, 0.5) is 0 Å². The van der Waals surface area contributed by atoms with Crippen LogP contribution in [0, 0.1) is 0 Å². The molecule has 1 amide bonds. The minimum absolute atomic E-state index is 0.0725. The highest BCUT2D eigenvalue weighted by Crippen LogP contribution is 2.18. The summed E-state index contributed by atoms with van der Waals surface area (Å²) in [6.07, 6.45) is 5.15. The van der Waals surface area contributed by atoms with Crippen LogP contribution in [0.15, 0.2) is 24.5 Å². The summed E-state index contributed by atoms with van der Waals surface area (Å²) in [5, 5.41) is 4.07. The molecule has 0 aromatic carbocycles. The van der Waals surface area contributed by atoms with Crippen LogP contribution >= 0.6 is 0 Å². The molecule has 1 N–H and O–H groups in total. The average molecular weight is 316 g/mol. The van der Waals surface area contributed by atoms with Crippen molar-refractivity contribution in [2.45, 2.75) is 12.8 Å². The van der Waals surface area contributed by atoms with Crippen LogP contribution in [-0.4, -0.2) is 59.8 Å². The number of amides is 1. The van der Waals surface area contributed by atoms with Gasteiger partial charge in [-0.1, -0.05) is 0 Å². The van der Waals surface area contributed by atoms with Gasteiger partial charge in [0.2, 0.25) is 5.91 Å². The van der Waals surface area contributed by atoms with E-state index in [-0.39, 0.29) is 5.91 Å². The molecule has 0 spiro atoms. The first-order chi connectivity index (χ1) is 11.2. The van der Waals surface area contributed by atoms with Crippen molar-refractivity contribution in [3.63, 3.8) is 0 Å². The van der Waals surface area contributed by atoms with E-state index in [4.69, 9.17) is 4.74 Å². The van der Waals surface area contributed by atoms with Crippen LogP contribution in [0.5, 0.6) is 0 Å². The summed E-state index contributed by atoms with van der Waals surface area (Å²) in [4.78, 5) is 18.9. The van der Waals surface area contributed by atoms with Crippen molar-refractivity contribution in [2.75, 3.05) is 39.4 Å². The van der Waals surface area contributed by atoms with E-state index in [1.54, 1.807) is 6.20 Å². The molecule has 0 aliphatic carbocycles. The number of aromatic nitrogens is 2. The van der Waals surface area contributed by atoms with Crippen molar-refractivity contribution in [3.05, 3.63) is 30.1 Å². The van der Waals surface area contributed by atoms with E-state index >= 15 is 0 Å². The lowest BCUT2D eigenvalue weighted by Gasteiger charge is -2.26. The summed E-state index contributed by atoms with van der Waals surface area (Å²) >= 11 is 0. The van der Waals surface area contributed by atoms with Gasteiger partial charge in [-0.3, -0.25) is 9.69 Å². The summed E-state index contributed by atoms with van der Waals surface area (Å²) < 4.78 is 7.30. The van der Waals surface area contributed by atoms with Crippen LogP contribution < -0.4 is 5.32 Å². The minimum Gasteiger partial charge on any atom is -0.379 e. The summed E-state index contributed by atoms with van der Waals surface area (Å²) in [6, 6.07) is 3.93. The Kier molecular flexibility index (Phi) is 5.25. The molecule has 23 heavy (non-hydrogen) atoms. The van der Waals surface area contributed by atoms with E-state index in [2.05, 4.69) is 15.2 Å². The van der Waals surface area contributed by atoms with Crippen LogP contribution in [0.1, 0.15) is 12.0 Å². The maximum absolute atomic E-state index is 12.1. The van der Waals surface area contributed by atoms with Gasteiger partial charge < -0.3 is 14.6 Å². The number of fused-ring (bicyclic) bond motifs is 1. The van der Waals surface area contributed by atoms with E-state index in [0.29, 0.717) is 6.42 Å². The van der Waals surface area contributed by atoms with Gasteiger partial charge in [-0.2, -0.15) is 0 Å². The first-order valence-corrected chi connectivity index (χ1v) is 8.20. The van der Waals surface area contributed by atoms with Gasteiger partial charge in [0.15, 0.2) is 0 Å². The number of nitrogens with one attached hydrogen (secondary N) is 1. The van der Waals surface area contributed by atoms with Crippen molar-refractivity contribution < 1.29 is 9.53 Å². The van der Waals surface area contributed by atoms with Gasteiger partial charge >= 0.3 is 0 Å². The Hall–Kier alpha value is -1.92. The Labute approximate surface area is 136 Å². The second-order valence-electron chi connectivity index (χ2n) is 5.97. The molecule has 124 valence electrons. The number of pyridine rings is 1. The fraction of sp³-hybridized carbons (Fsp3) is 0.529. The third kappa shape index (κ3) is 4.09. The number of aryl methyl sites for hydroxylation is 1. The van der Waals surface area contributed by atoms with E-state index in [9.17, 15) is 4.79 Å². The lowest BCUT2D eigenvalue weighted by molar-refractivity contribution is -0.120. The first kappa shape index (κ1) is 16.0. The Morgan fingerprint density at radius 1 is 1.39 bits per heavy atom. The quantitative estimate of drug-likeness (QED) is 0.806. The topological polar surface area (TPSA) is 59.4 Å². The van der Waals surface area contributed by atoms with Gasteiger partial charge in [-0.15, -0.1) is 0 Å². The zero-order valence-corrected chi connectivity index (χ0v) is 13.6. The fourth-order valence-corrected chi connectivity index (χ4v) is 3.02. The molecule has 6 nitrogen and oxygen atoms in total. The zero-order chi connectivity index (χ0) is 16.1. The second kappa shape index (κ2) is 7.57. The Morgan fingerprint density at radius 3 is 3.04 bits per heavy atom. The molecular weight excluding hydrogens is 292 g/mol. The van der Waals surface area contributed by atoms with Crippen molar-refractivity contribution in [1.29, 1.82) is 0 Å². The molecule has 0 unspecified atom stereocenters. The first-order valence-electron chi connectivity index (χ1n) is 8.20. The van der Waals surface area contributed by atoms with E-state index in [1.807, 2.05) is 29.9 Å². The smallest absolute Gasteiger partial charge is 0.224 e. The molecule has 0 radical (unpaired) electrons. The number of hydrogen-bond donors (Lipinski definition) is 1. The molecule has 1 aliphatic rings. The van der Waals surface area contributed by atoms with Crippen LogP contribution in [0.3, 0.4) is 0 Å². The Bertz CT molecular complexity index is 662. The summed E-state index contributed by atoms with van der Waals surface area (Å²) in [5.74, 6) is 0.0725. The van der Waals surface area contributed by atoms with Gasteiger partial charge in [0.05, 0.1) is 19.6 Å². The van der Waals surface area contributed by atoms with E-state index < -0.39 is 0 Å². The van der Waals surface area contributed by atoms with Crippen molar-refractivity contribution in [2.24, 2.45) is 7.05 Å². The third-order valence-corrected chi connectivity index (χ3v) is 4.24. The molecule has 0 atom stereocenters. The highest BCUT2D eigenvalue weighted by atomic mass is 16.5. The van der Waals surface area contributed by atoms with Gasteiger partial charge in [-0.05, 0) is 30.7 Å². The van der Waals surface area contributed by atoms with E-state index in [1.165, 1.54) is 0 Å². The molecule has 1 saturated heterocycles. The van der Waals surface area contributed by atoms with Gasteiger partial charge in [0.25, 0.3) is 0 Å². The zero-order valence-electron chi connectivity index (χ0n) is 13.6. The van der Waals surface area contributed by atoms with E-state index in [0.717, 1.165) is 62.4 Å². The number of carbonyl (C=O) groups excluding carboxylic acids is 1. The summed E-state index contributed by atoms with van der Waals surface area (Å²) in [7, 11) is 1.96. The normalized spacial score (nSPS) is 15.9. The minimum atomic E-state index is 0.0725. The lowest BCUT2D eigenvalue weighted by atomic mass is 10.1. The predicted octanol–water partition coefficient (Wildman–Crippen LogP) is 0.954. The highest BCUT2D eigenvalue weighted by Gasteiger charge is 2.12. The molecular formula is C17H24N4O2. The van der Waals surface area contributed by atoms with Gasteiger partial charge in [-0.25, -0.2) is 4.98 Å². The average Bonchev–Trinajstić information content (AvgIpc) is 2.89. The van der Waals surface area contributed by atoms with Crippen LogP contribution in [0.25, 0.3) is 11.0 Å². The molecule has 6 heteroatoms. The lowest BCUT2D eigenvalue weighted by Crippen LogP contribution is -2.38. The number of carbonyl (C=O) groups is 1. The number of ether oxygens (including phenoxy) is 1. The largest absolute Gasteiger partial charge is 0.379 e. The SMILES string of the molecule is Cn1cc(CC(=O)NCCCN2CCOCC2)c2cccnc21. The number of rotatable bonds is 6. The van der Waals surface area contributed by atoms with Crippen molar-refractivity contribution in [1.82, 2.24) is 19.8 Å². The van der Waals surface area contributed by atoms with Crippen LogP contribution in [0.2, 0.25) is 0 Å². The predicted molar refractivity (Wildman–Crippen MR) is 89.3 cm³/mol. The number of morpholine rings is 1. The summed E-state index contributed by atoms with van der Waals surface area (Å²) in [6.45, 7) is 5.37. The number of nitrogens with zero attached hydrogens (tertiary/aromatic N) is 3. The molecule has 3 rings (SSSR count). The molecule has 3 heterocycles. The highest BCUT2D eigenvalue weighted by molar-refractivity contribution is 5.87. The molecule has 2 aromatic rings. The standard InChI is InChI=1S/C17H24N4O2/c1-20-13-14(15-4-2-5-19-17(15)20)12-16(22)18-6-3-7-21-8-10-23-11-9-21/h2,4-5,13H,3,6-12H2,1H3,(H,18,22). The van der Waals surface area contributed by atoms with Crippen molar-refractivity contribution in [3.8, 4) is 0 Å². The van der Waals surface area contributed by atoms with Gasteiger partial charge in [0.1, 0.15) is 5.65 Å². The molecule has 0 saturated carbocycles. The molecule has 2 aromatic heterocycles. The Morgan fingerprint density at radius 2 is 2.22 bits per heavy atom. The van der Waals surface area contributed by atoms with Gasteiger partial charge in [0, 0.05) is 44.5 Å². The monoisotopic (exact) mass is 316 g/mol. The maximum Gasteiger partial charge on any atom is 0.224 e. The fourth-order valence-electron chi connectivity index (χ4n) is 3.02. The molecule has 1 fully saturated rings.